The molecule has 0 unspecified atom stereocenters. The molecule has 102 valence electrons. The van der Waals surface area contributed by atoms with Crippen LogP contribution in [-0.4, -0.2) is 34.6 Å². The van der Waals surface area contributed by atoms with Crippen LogP contribution >= 0.6 is 11.3 Å². The Balaban J connectivity index is 2.67. The highest BCUT2D eigenvalue weighted by atomic mass is 32.2. The van der Waals surface area contributed by atoms with Gasteiger partial charge in [0, 0.05) is 11.9 Å². The standard InChI is InChI=1S/C10H16N2O4S2/c1-16-10(13)9-6-8(7-17-9)18(14,15)12-5-3-2-4-11/h6-7,12H,2-5,11H2,1H3. The molecule has 0 aliphatic carbocycles. The number of carbonyl (C=O) groups is 1. The van der Waals surface area contributed by atoms with Crippen molar-refractivity contribution in [3.05, 3.63) is 16.3 Å². The van der Waals surface area contributed by atoms with Crippen LogP contribution in [0.4, 0.5) is 0 Å². The molecule has 0 amide bonds. The van der Waals surface area contributed by atoms with E-state index in [0.29, 0.717) is 19.5 Å². The second-order valence-corrected chi connectivity index (χ2v) is 6.21. The van der Waals surface area contributed by atoms with Gasteiger partial charge in [0.2, 0.25) is 10.0 Å². The third-order valence-corrected chi connectivity index (χ3v) is 4.70. The van der Waals surface area contributed by atoms with Crippen molar-refractivity contribution >= 4 is 27.3 Å². The number of methoxy groups -OCH3 is 1. The molecule has 0 aliphatic heterocycles. The van der Waals surface area contributed by atoms with E-state index in [0.717, 1.165) is 17.8 Å². The maximum absolute atomic E-state index is 11.8. The second-order valence-electron chi connectivity index (χ2n) is 3.53. The molecule has 8 heteroatoms. The zero-order valence-corrected chi connectivity index (χ0v) is 11.6. The number of hydrogen-bond acceptors (Lipinski definition) is 6. The first kappa shape index (κ1) is 15.1. The molecule has 0 atom stereocenters. The highest BCUT2D eigenvalue weighted by molar-refractivity contribution is 7.89. The van der Waals surface area contributed by atoms with E-state index in [1.807, 2.05) is 0 Å². The van der Waals surface area contributed by atoms with Gasteiger partial charge in [-0.25, -0.2) is 17.9 Å². The summed E-state index contributed by atoms with van der Waals surface area (Å²) < 4.78 is 30.6. The van der Waals surface area contributed by atoms with Gasteiger partial charge in [0.25, 0.3) is 0 Å². The van der Waals surface area contributed by atoms with Gasteiger partial charge in [0.05, 0.1) is 12.0 Å². The predicted molar refractivity (Wildman–Crippen MR) is 69.1 cm³/mol. The number of nitrogens with one attached hydrogen (secondary N) is 1. The Morgan fingerprint density at radius 2 is 2.22 bits per heavy atom. The Morgan fingerprint density at radius 1 is 1.50 bits per heavy atom. The highest BCUT2D eigenvalue weighted by Gasteiger charge is 2.18. The smallest absolute Gasteiger partial charge is 0.348 e. The third kappa shape index (κ3) is 4.05. The molecule has 0 bridgehead atoms. The maximum atomic E-state index is 11.8. The Bertz CT molecular complexity index is 496. The van der Waals surface area contributed by atoms with Crippen molar-refractivity contribution in [2.24, 2.45) is 5.73 Å². The molecule has 0 saturated heterocycles. The van der Waals surface area contributed by atoms with Gasteiger partial charge >= 0.3 is 5.97 Å². The molecule has 0 saturated carbocycles. The van der Waals surface area contributed by atoms with Crippen LogP contribution in [0.3, 0.4) is 0 Å². The zero-order chi connectivity index (χ0) is 13.6. The highest BCUT2D eigenvalue weighted by Crippen LogP contribution is 2.19. The molecule has 3 N–H and O–H groups in total. The molecule has 18 heavy (non-hydrogen) atoms. The number of esters is 1. The van der Waals surface area contributed by atoms with Gasteiger partial charge in [-0.1, -0.05) is 0 Å². The van der Waals surface area contributed by atoms with E-state index in [2.05, 4.69) is 9.46 Å². The average molecular weight is 292 g/mol. The maximum Gasteiger partial charge on any atom is 0.348 e. The van der Waals surface area contributed by atoms with E-state index in [-0.39, 0.29) is 9.77 Å². The number of rotatable bonds is 7. The minimum atomic E-state index is -3.55. The molecule has 0 aliphatic rings. The normalized spacial score (nSPS) is 11.4. The molecule has 1 rings (SSSR count). The Labute approximate surface area is 110 Å². The first-order valence-electron chi connectivity index (χ1n) is 5.38. The molecular weight excluding hydrogens is 276 g/mol. The summed E-state index contributed by atoms with van der Waals surface area (Å²) >= 11 is 1.04. The lowest BCUT2D eigenvalue weighted by atomic mass is 10.3. The summed E-state index contributed by atoms with van der Waals surface area (Å²) in [6.07, 6.45) is 1.45. The van der Waals surface area contributed by atoms with E-state index in [4.69, 9.17) is 5.73 Å². The molecule has 0 aromatic carbocycles. The van der Waals surface area contributed by atoms with Crippen LogP contribution < -0.4 is 10.5 Å². The molecule has 0 radical (unpaired) electrons. The molecule has 1 aromatic rings. The van der Waals surface area contributed by atoms with E-state index in [9.17, 15) is 13.2 Å². The molecule has 6 nitrogen and oxygen atoms in total. The van der Waals surface area contributed by atoms with Crippen molar-refractivity contribution in [1.29, 1.82) is 0 Å². The lowest BCUT2D eigenvalue weighted by Crippen LogP contribution is -2.24. The number of ether oxygens (including phenoxy) is 1. The van der Waals surface area contributed by atoms with Crippen LogP contribution in [0.15, 0.2) is 16.3 Å². The van der Waals surface area contributed by atoms with Crippen molar-refractivity contribution in [2.45, 2.75) is 17.7 Å². The van der Waals surface area contributed by atoms with Gasteiger partial charge in [0.15, 0.2) is 0 Å². The number of nitrogens with two attached hydrogens (primary N) is 1. The van der Waals surface area contributed by atoms with Crippen molar-refractivity contribution in [3.63, 3.8) is 0 Å². The molecule has 1 aromatic heterocycles. The minimum Gasteiger partial charge on any atom is -0.465 e. The summed E-state index contributed by atoms with van der Waals surface area (Å²) in [5, 5.41) is 1.41. The summed E-state index contributed by atoms with van der Waals surface area (Å²) in [6, 6.07) is 1.31. The first-order chi connectivity index (χ1) is 8.51. The topological polar surface area (TPSA) is 98.5 Å². The average Bonchev–Trinajstić information content (AvgIpc) is 2.84. The van der Waals surface area contributed by atoms with Crippen LogP contribution in [0, 0.1) is 0 Å². The first-order valence-corrected chi connectivity index (χ1v) is 7.74. The zero-order valence-electron chi connectivity index (χ0n) is 10.0. The lowest BCUT2D eigenvalue weighted by Gasteiger charge is -2.03. The number of carbonyl (C=O) groups excluding carboxylic acids is 1. The van der Waals surface area contributed by atoms with Crippen LogP contribution in [0.1, 0.15) is 22.5 Å². The second kappa shape index (κ2) is 6.83. The van der Waals surface area contributed by atoms with Crippen molar-refractivity contribution in [3.8, 4) is 0 Å². The Kier molecular flexibility index (Phi) is 5.73. The van der Waals surface area contributed by atoms with Gasteiger partial charge in [-0.15, -0.1) is 11.3 Å². The minimum absolute atomic E-state index is 0.0839. The number of sulfonamides is 1. The third-order valence-electron chi connectivity index (χ3n) is 2.20. The summed E-state index contributed by atoms with van der Waals surface area (Å²) in [7, 11) is -2.30. The van der Waals surface area contributed by atoms with Crippen molar-refractivity contribution in [1.82, 2.24) is 4.72 Å². The molecular formula is C10H16N2O4S2. The fraction of sp³-hybridized carbons (Fsp3) is 0.500. The lowest BCUT2D eigenvalue weighted by molar-refractivity contribution is 0.0606. The Hall–Kier alpha value is -0.960. The SMILES string of the molecule is COC(=O)c1cc(S(=O)(=O)NCCCCN)cs1. The summed E-state index contributed by atoms with van der Waals surface area (Å²) in [5.41, 5.74) is 5.31. The number of unbranched alkanes of at least 4 members (excludes halogenated alkanes) is 1. The van der Waals surface area contributed by atoms with Crippen LogP contribution in [0.2, 0.25) is 0 Å². The fourth-order valence-corrected chi connectivity index (χ4v) is 3.49. The van der Waals surface area contributed by atoms with Crippen molar-refractivity contribution < 1.29 is 17.9 Å². The van der Waals surface area contributed by atoms with E-state index >= 15 is 0 Å². The number of thiophene rings is 1. The molecule has 1 heterocycles. The van der Waals surface area contributed by atoms with E-state index in [1.165, 1.54) is 18.6 Å². The largest absolute Gasteiger partial charge is 0.465 e. The van der Waals surface area contributed by atoms with Crippen LogP contribution in [0.25, 0.3) is 0 Å². The van der Waals surface area contributed by atoms with E-state index < -0.39 is 16.0 Å². The van der Waals surface area contributed by atoms with Gasteiger partial charge in [0.1, 0.15) is 4.88 Å². The summed E-state index contributed by atoms with van der Waals surface area (Å²) in [5.74, 6) is -0.537. The molecule has 0 spiro atoms. The van der Waals surface area contributed by atoms with Gasteiger partial charge in [-0.05, 0) is 25.5 Å². The van der Waals surface area contributed by atoms with E-state index in [1.54, 1.807) is 0 Å². The number of hydrogen-bond donors (Lipinski definition) is 2. The van der Waals surface area contributed by atoms with Gasteiger partial charge < -0.3 is 10.5 Å². The summed E-state index contributed by atoms with van der Waals surface area (Å²) in [4.78, 5) is 11.6. The van der Waals surface area contributed by atoms with Gasteiger partial charge in [-0.3, -0.25) is 0 Å². The Morgan fingerprint density at radius 3 is 2.83 bits per heavy atom. The summed E-state index contributed by atoms with van der Waals surface area (Å²) in [6.45, 7) is 0.871. The predicted octanol–water partition coefficient (Wildman–Crippen LogP) is 0.552. The monoisotopic (exact) mass is 292 g/mol. The quantitative estimate of drug-likeness (QED) is 0.565. The fourth-order valence-electron chi connectivity index (χ4n) is 1.23. The van der Waals surface area contributed by atoms with Crippen LogP contribution in [0.5, 0.6) is 0 Å². The van der Waals surface area contributed by atoms with Gasteiger partial charge in [-0.2, -0.15) is 0 Å². The van der Waals surface area contributed by atoms with Crippen molar-refractivity contribution in [2.75, 3.05) is 20.2 Å². The molecule has 0 fully saturated rings. The van der Waals surface area contributed by atoms with Crippen LogP contribution in [-0.2, 0) is 14.8 Å².